The molecule has 0 aromatic carbocycles. The van der Waals surface area contributed by atoms with Gasteiger partial charge in [-0.05, 0) is 0 Å². The van der Waals surface area contributed by atoms with Gasteiger partial charge in [-0.3, -0.25) is 0 Å². The van der Waals surface area contributed by atoms with Crippen LogP contribution in [0.15, 0.2) is 10.8 Å². The van der Waals surface area contributed by atoms with Gasteiger partial charge < -0.3 is 9.73 Å². The molecule has 0 saturated carbocycles. The molecule has 11 heavy (non-hydrogen) atoms. The van der Waals surface area contributed by atoms with E-state index in [9.17, 15) is 0 Å². The number of hydrogen-bond acceptors (Lipinski definition) is 4. The predicted octanol–water partition coefficient (Wildman–Crippen LogP) is 0.610. The van der Waals surface area contributed by atoms with Crippen LogP contribution in [-0.2, 0) is 6.42 Å². The number of aromatic nitrogens is 2. The van der Waals surface area contributed by atoms with Gasteiger partial charge in [0, 0.05) is 19.0 Å². The predicted molar refractivity (Wildman–Crippen MR) is 41.1 cm³/mol. The van der Waals surface area contributed by atoms with E-state index in [0.717, 1.165) is 13.0 Å². The summed E-state index contributed by atoms with van der Waals surface area (Å²) in [5, 5.41) is 10.6. The Kier molecular flexibility index (Phi) is 3.04. The van der Waals surface area contributed by atoms with Crippen LogP contribution in [0.2, 0.25) is 0 Å². The summed E-state index contributed by atoms with van der Waals surface area (Å²) in [5.74, 6) is 0.693. The summed E-state index contributed by atoms with van der Waals surface area (Å²) >= 11 is 0. The van der Waals surface area contributed by atoms with Crippen molar-refractivity contribution in [1.82, 2.24) is 15.5 Å². The summed E-state index contributed by atoms with van der Waals surface area (Å²) in [4.78, 5) is 0. The fourth-order valence-corrected chi connectivity index (χ4v) is 0.773. The summed E-state index contributed by atoms with van der Waals surface area (Å²) in [7, 11) is 0. The van der Waals surface area contributed by atoms with Gasteiger partial charge in [0.1, 0.15) is 0 Å². The van der Waals surface area contributed by atoms with Crippen molar-refractivity contribution < 1.29 is 4.42 Å². The van der Waals surface area contributed by atoms with Gasteiger partial charge in [-0.25, -0.2) is 0 Å². The Morgan fingerprint density at radius 3 is 3.00 bits per heavy atom. The van der Waals surface area contributed by atoms with Gasteiger partial charge in [-0.15, -0.1) is 10.2 Å². The molecule has 4 nitrogen and oxygen atoms in total. The van der Waals surface area contributed by atoms with Crippen molar-refractivity contribution >= 4 is 0 Å². The highest BCUT2D eigenvalue weighted by Gasteiger charge is 1.97. The van der Waals surface area contributed by atoms with Crippen LogP contribution in [0.4, 0.5) is 0 Å². The molecule has 1 aromatic rings. The molecule has 0 amide bonds. The normalized spacial score (nSPS) is 10.8. The van der Waals surface area contributed by atoms with Crippen molar-refractivity contribution in [1.29, 1.82) is 0 Å². The van der Waals surface area contributed by atoms with Crippen LogP contribution in [-0.4, -0.2) is 22.8 Å². The average Bonchev–Trinajstić information content (AvgIpc) is 2.39. The molecule has 1 heterocycles. The summed E-state index contributed by atoms with van der Waals surface area (Å²) in [6.07, 6.45) is 2.16. The molecule has 62 valence electrons. The highest BCUT2D eigenvalue weighted by atomic mass is 16.4. The minimum Gasteiger partial charge on any atom is -0.428 e. The molecule has 0 spiro atoms. The number of hydrogen-bond donors (Lipinski definition) is 1. The third-order valence-corrected chi connectivity index (χ3v) is 1.30. The van der Waals surface area contributed by atoms with E-state index in [1.807, 2.05) is 0 Å². The van der Waals surface area contributed by atoms with Crippen molar-refractivity contribution in [3.8, 4) is 0 Å². The van der Waals surface area contributed by atoms with Gasteiger partial charge in [-0.2, -0.15) is 0 Å². The first kappa shape index (κ1) is 8.20. The maximum absolute atomic E-state index is 4.95. The maximum Gasteiger partial charge on any atom is 0.217 e. The smallest absolute Gasteiger partial charge is 0.217 e. The minimum absolute atomic E-state index is 0.512. The van der Waals surface area contributed by atoms with E-state index < -0.39 is 0 Å². The minimum atomic E-state index is 0.512. The number of rotatable bonds is 4. The van der Waals surface area contributed by atoms with Crippen molar-refractivity contribution in [2.75, 3.05) is 6.54 Å². The zero-order valence-electron chi connectivity index (χ0n) is 6.87. The molecule has 0 aliphatic rings. The van der Waals surface area contributed by atoms with Gasteiger partial charge in [-0.1, -0.05) is 13.8 Å². The lowest BCUT2D eigenvalue weighted by Crippen LogP contribution is -2.25. The molecule has 0 aliphatic heterocycles. The second-order valence-electron chi connectivity index (χ2n) is 2.69. The summed E-state index contributed by atoms with van der Waals surface area (Å²) in [6, 6.07) is 0.512. The van der Waals surface area contributed by atoms with E-state index in [1.54, 1.807) is 0 Å². The first-order chi connectivity index (χ1) is 5.29. The second kappa shape index (κ2) is 4.08. The van der Waals surface area contributed by atoms with Crippen LogP contribution >= 0.6 is 0 Å². The van der Waals surface area contributed by atoms with Crippen molar-refractivity contribution in [2.45, 2.75) is 26.3 Å². The summed E-state index contributed by atoms with van der Waals surface area (Å²) in [6.45, 7) is 5.10. The van der Waals surface area contributed by atoms with E-state index in [0.29, 0.717) is 11.9 Å². The molecule has 1 aromatic heterocycles. The van der Waals surface area contributed by atoms with Crippen LogP contribution in [0.5, 0.6) is 0 Å². The summed E-state index contributed by atoms with van der Waals surface area (Å²) < 4.78 is 4.95. The first-order valence-corrected chi connectivity index (χ1v) is 3.77. The summed E-state index contributed by atoms with van der Waals surface area (Å²) in [5.41, 5.74) is 0. The van der Waals surface area contributed by atoms with Crippen molar-refractivity contribution in [2.24, 2.45) is 0 Å². The van der Waals surface area contributed by atoms with Gasteiger partial charge >= 0.3 is 0 Å². The van der Waals surface area contributed by atoms with E-state index in [4.69, 9.17) is 4.42 Å². The Labute approximate surface area is 66.0 Å². The molecule has 1 N–H and O–H groups in total. The lowest BCUT2D eigenvalue weighted by Gasteiger charge is -2.04. The zero-order chi connectivity index (χ0) is 8.10. The molecule has 4 heteroatoms. The van der Waals surface area contributed by atoms with Crippen LogP contribution in [0.3, 0.4) is 0 Å². The topological polar surface area (TPSA) is 51.0 Å². The Balaban J connectivity index is 2.14. The highest BCUT2D eigenvalue weighted by Crippen LogP contribution is 1.91. The van der Waals surface area contributed by atoms with Crippen LogP contribution < -0.4 is 5.32 Å². The molecule has 0 radical (unpaired) electrons. The highest BCUT2D eigenvalue weighted by molar-refractivity contribution is 4.74. The molecular weight excluding hydrogens is 142 g/mol. The van der Waals surface area contributed by atoms with E-state index in [-0.39, 0.29) is 0 Å². The quantitative estimate of drug-likeness (QED) is 0.692. The third-order valence-electron chi connectivity index (χ3n) is 1.30. The molecule has 1 rings (SSSR count). The Morgan fingerprint density at radius 1 is 1.64 bits per heavy atom. The first-order valence-electron chi connectivity index (χ1n) is 3.77. The van der Waals surface area contributed by atoms with Crippen LogP contribution in [0.1, 0.15) is 19.7 Å². The van der Waals surface area contributed by atoms with Crippen LogP contribution in [0, 0.1) is 0 Å². The molecule has 0 unspecified atom stereocenters. The van der Waals surface area contributed by atoms with E-state index >= 15 is 0 Å². The Hall–Kier alpha value is -0.900. The fraction of sp³-hybridized carbons (Fsp3) is 0.714. The maximum atomic E-state index is 4.95. The van der Waals surface area contributed by atoms with E-state index in [1.165, 1.54) is 6.39 Å². The monoisotopic (exact) mass is 155 g/mol. The SMILES string of the molecule is CC(C)NCCc1nnco1. The fourth-order valence-electron chi connectivity index (χ4n) is 0.773. The van der Waals surface area contributed by atoms with E-state index in [2.05, 4.69) is 29.4 Å². The van der Waals surface area contributed by atoms with Gasteiger partial charge in [0.15, 0.2) is 0 Å². The van der Waals surface area contributed by atoms with Crippen LogP contribution in [0.25, 0.3) is 0 Å². The lowest BCUT2D eigenvalue weighted by molar-refractivity contribution is 0.475. The second-order valence-corrected chi connectivity index (χ2v) is 2.69. The van der Waals surface area contributed by atoms with Gasteiger partial charge in [0.25, 0.3) is 0 Å². The zero-order valence-corrected chi connectivity index (χ0v) is 6.87. The molecule has 0 aliphatic carbocycles. The molecule has 0 atom stereocenters. The molecule has 0 bridgehead atoms. The van der Waals surface area contributed by atoms with Crippen molar-refractivity contribution in [3.63, 3.8) is 0 Å². The Bertz CT molecular complexity index is 184. The molecule has 0 saturated heterocycles. The lowest BCUT2D eigenvalue weighted by atomic mass is 10.3. The van der Waals surface area contributed by atoms with Gasteiger partial charge in [0.05, 0.1) is 0 Å². The Morgan fingerprint density at radius 2 is 2.45 bits per heavy atom. The van der Waals surface area contributed by atoms with Gasteiger partial charge in [0.2, 0.25) is 12.3 Å². The number of nitrogens with one attached hydrogen (secondary N) is 1. The standard InChI is InChI=1S/C7H13N3O/c1-6(2)8-4-3-7-10-9-5-11-7/h5-6,8H,3-4H2,1-2H3. The third kappa shape index (κ3) is 3.13. The molecule has 0 fully saturated rings. The largest absolute Gasteiger partial charge is 0.428 e. The average molecular weight is 155 g/mol. The molecular formula is C7H13N3O. The number of nitrogens with zero attached hydrogens (tertiary/aromatic N) is 2. The van der Waals surface area contributed by atoms with Crippen molar-refractivity contribution in [3.05, 3.63) is 12.3 Å².